The van der Waals surface area contributed by atoms with Crippen molar-refractivity contribution in [2.45, 2.75) is 57.7 Å². The van der Waals surface area contributed by atoms with Crippen LogP contribution in [0.3, 0.4) is 0 Å². The predicted octanol–water partition coefficient (Wildman–Crippen LogP) is 7.30. The average molecular weight is 501 g/mol. The molecule has 3 aromatic rings. The molecule has 0 aromatic heterocycles. The van der Waals surface area contributed by atoms with E-state index in [9.17, 15) is 0 Å². The molecule has 0 saturated carbocycles. The molecule has 37 heavy (non-hydrogen) atoms. The molecule has 0 bridgehead atoms. The summed E-state index contributed by atoms with van der Waals surface area (Å²) in [6, 6.07) is 22.4. The minimum Gasteiger partial charge on any atom is -0.497 e. The number of unbranched alkanes of at least 4 members (excludes halogenated alkanes) is 4. The first kappa shape index (κ1) is 25.0. The molecule has 3 aromatic carbocycles. The van der Waals surface area contributed by atoms with Crippen LogP contribution in [0.15, 0.2) is 71.8 Å². The Hall–Kier alpha value is -3.67. The summed E-state index contributed by atoms with van der Waals surface area (Å²) in [7, 11) is 3.36. The predicted molar refractivity (Wildman–Crippen MR) is 146 cm³/mol. The van der Waals surface area contributed by atoms with Crippen LogP contribution in [0, 0.1) is 0 Å². The Labute approximate surface area is 219 Å². The van der Waals surface area contributed by atoms with Crippen LogP contribution in [0.5, 0.6) is 23.0 Å². The molecular formula is C31H36N2O4. The van der Waals surface area contributed by atoms with Gasteiger partial charge in [-0.05, 0) is 66.6 Å². The Balaban J connectivity index is 1.38. The molecule has 0 aliphatic carbocycles. The third kappa shape index (κ3) is 5.38. The van der Waals surface area contributed by atoms with E-state index in [0.29, 0.717) is 0 Å². The van der Waals surface area contributed by atoms with Gasteiger partial charge in [0.1, 0.15) is 11.5 Å². The number of methoxy groups -OCH3 is 2. The maximum atomic E-state index is 6.58. The number of para-hydroxylation sites is 1. The Bertz CT molecular complexity index is 1210. The quantitative estimate of drug-likeness (QED) is 0.259. The zero-order valence-electron chi connectivity index (χ0n) is 22.0. The van der Waals surface area contributed by atoms with E-state index in [1.807, 2.05) is 36.4 Å². The van der Waals surface area contributed by atoms with Gasteiger partial charge in [-0.3, -0.25) is 0 Å². The van der Waals surface area contributed by atoms with E-state index in [-0.39, 0.29) is 12.3 Å². The lowest BCUT2D eigenvalue weighted by molar-refractivity contribution is -0.0209. The van der Waals surface area contributed by atoms with E-state index >= 15 is 0 Å². The minimum atomic E-state index is -0.368. The molecule has 2 aliphatic rings. The molecule has 0 radical (unpaired) electrons. The molecule has 6 nitrogen and oxygen atoms in total. The zero-order valence-corrected chi connectivity index (χ0v) is 22.0. The fourth-order valence-corrected chi connectivity index (χ4v) is 5.05. The van der Waals surface area contributed by atoms with Crippen LogP contribution in [0.2, 0.25) is 0 Å². The summed E-state index contributed by atoms with van der Waals surface area (Å²) in [5, 5.41) is 7.16. The Morgan fingerprint density at radius 3 is 2.35 bits per heavy atom. The number of hydrogen-bond acceptors (Lipinski definition) is 6. The van der Waals surface area contributed by atoms with Gasteiger partial charge in [0.15, 0.2) is 11.5 Å². The number of hydrogen-bond donors (Lipinski definition) is 0. The van der Waals surface area contributed by atoms with Gasteiger partial charge in [0.25, 0.3) is 0 Å². The van der Waals surface area contributed by atoms with Crippen molar-refractivity contribution in [1.82, 2.24) is 5.01 Å². The summed E-state index contributed by atoms with van der Waals surface area (Å²) in [5.41, 5.74) is 4.23. The summed E-state index contributed by atoms with van der Waals surface area (Å²) in [5.74, 6) is 3.24. The standard InChI is InChI=1S/C31H36N2O4/c1-4-5-6-7-8-20-36-25-18-14-23(15-19-25)31-33-28(26-10-9-11-29(35-3)30(26)37-31)21-27(32-33)22-12-16-24(34-2)17-13-22/h9-19,28,31H,4-8,20-21H2,1-3H3/t28-,31+/m1/s1. The fourth-order valence-electron chi connectivity index (χ4n) is 5.05. The van der Waals surface area contributed by atoms with E-state index in [2.05, 4.69) is 42.3 Å². The number of fused-ring (bicyclic) bond motifs is 3. The number of hydrazone groups is 1. The molecule has 2 heterocycles. The van der Waals surface area contributed by atoms with Crippen LogP contribution in [0.1, 0.15) is 74.4 Å². The number of ether oxygens (including phenoxy) is 4. The van der Waals surface area contributed by atoms with Gasteiger partial charge < -0.3 is 18.9 Å². The van der Waals surface area contributed by atoms with Gasteiger partial charge in [0, 0.05) is 17.5 Å². The highest BCUT2D eigenvalue weighted by Crippen LogP contribution is 2.50. The lowest BCUT2D eigenvalue weighted by Gasteiger charge is -2.38. The Morgan fingerprint density at radius 1 is 0.865 bits per heavy atom. The monoisotopic (exact) mass is 500 g/mol. The first-order chi connectivity index (χ1) is 18.2. The Kier molecular flexibility index (Phi) is 7.83. The van der Waals surface area contributed by atoms with Crippen molar-refractivity contribution in [3.63, 3.8) is 0 Å². The molecule has 2 aliphatic heterocycles. The fraction of sp³-hybridized carbons (Fsp3) is 0.387. The molecule has 194 valence electrons. The van der Waals surface area contributed by atoms with Crippen molar-refractivity contribution in [1.29, 1.82) is 0 Å². The van der Waals surface area contributed by atoms with Crippen molar-refractivity contribution in [2.24, 2.45) is 5.10 Å². The molecule has 6 heteroatoms. The number of nitrogens with zero attached hydrogens (tertiary/aromatic N) is 2. The molecule has 0 saturated heterocycles. The maximum absolute atomic E-state index is 6.58. The van der Waals surface area contributed by atoms with Gasteiger partial charge in [0.2, 0.25) is 6.23 Å². The van der Waals surface area contributed by atoms with Gasteiger partial charge in [-0.1, -0.05) is 44.7 Å². The highest BCUT2D eigenvalue weighted by molar-refractivity contribution is 6.02. The van der Waals surface area contributed by atoms with Gasteiger partial charge in [0.05, 0.1) is 32.6 Å². The molecule has 2 atom stereocenters. The molecule has 0 spiro atoms. The largest absolute Gasteiger partial charge is 0.497 e. The highest BCUT2D eigenvalue weighted by atomic mass is 16.5. The van der Waals surface area contributed by atoms with Crippen molar-refractivity contribution in [2.75, 3.05) is 20.8 Å². The van der Waals surface area contributed by atoms with Crippen LogP contribution < -0.4 is 18.9 Å². The SMILES string of the molecule is CCCCCCCOc1ccc([C@@H]2Oc3c(OC)cccc3[C@H]3CC(c4ccc(OC)cc4)=NN32)cc1. The molecule has 0 unspecified atom stereocenters. The Morgan fingerprint density at radius 2 is 1.62 bits per heavy atom. The van der Waals surface area contributed by atoms with Gasteiger partial charge in [-0.25, -0.2) is 5.01 Å². The first-order valence-electron chi connectivity index (χ1n) is 13.3. The number of benzene rings is 3. The normalized spacial score (nSPS) is 17.9. The summed E-state index contributed by atoms with van der Waals surface area (Å²) < 4.78 is 23.6. The van der Waals surface area contributed by atoms with E-state index in [4.69, 9.17) is 24.0 Å². The topological polar surface area (TPSA) is 52.5 Å². The van der Waals surface area contributed by atoms with Crippen molar-refractivity contribution in [3.8, 4) is 23.0 Å². The molecule has 5 rings (SSSR count). The summed E-state index contributed by atoms with van der Waals surface area (Å²) in [6.45, 7) is 2.98. The van der Waals surface area contributed by atoms with E-state index < -0.39 is 0 Å². The van der Waals surface area contributed by atoms with Crippen LogP contribution >= 0.6 is 0 Å². The highest BCUT2D eigenvalue weighted by Gasteiger charge is 2.42. The van der Waals surface area contributed by atoms with Gasteiger partial charge >= 0.3 is 0 Å². The second kappa shape index (κ2) is 11.6. The molecule has 0 N–H and O–H groups in total. The molecule has 0 fully saturated rings. The lowest BCUT2D eigenvalue weighted by atomic mass is 9.95. The lowest BCUT2D eigenvalue weighted by Crippen LogP contribution is -2.33. The number of rotatable bonds is 11. The third-order valence-corrected chi connectivity index (χ3v) is 7.11. The van der Waals surface area contributed by atoms with E-state index in [1.165, 1.54) is 25.7 Å². The maximum Gasteiger partial charge on any atom is 0.214 e. The molecular weight excluding hydrogens is 464 g/mol. The van der Waals surface area contributed by atoms with Crippen molar-refractivity contribution < 1.29 is 18.9 Å². The van der Waals surface area contributed by atoms with Crippen LogP contribution in [-0.2, 0) is 0 Å². The van der Waals surface area contributed by atoms with Crippen LogP contribution in [-0.4, -0.2) is 31.5 Å². The average Bonchev–Trinajstić information content (AvgIpc) is 3.40. The van der Waals surface area contributed by atoms with E-state index in [1.54, 1.807) is 14.2 Å². The first-order valence-corrected chi connectivity index (χ1v) is 13.3. The second-order valence-corrected chi connectivity index (χ2v) is 9.56. The third-order valence-electron chi connectivity index (χ3n) is 7.11. The van der Waals surface area contributed by atoms with Crippen LogP contribution in [0.25, 0.3) is 0 Å². The van der Waals surface area contributed by atoms with Gasteiger partial charge in [-0.2, -0.15) is 5.10 Å². The summed E-state index contributed by atoms with van der Waals surface area (Å²) in [4.78, 5) is 0. The zero-order chi connectivity index (χ0) is 25.6. The summed E-state index contributed by atoms with van der Waals surface area (Å²) in [6.07, 6.45) is 6.55. The van der Waals surface area contributed by atoms with E-state index in [0.717, 1.165) is 64.8 Å². The second-order valence-electron chi connectivity index (χ2n) is 9.56. The van der Waals surface area contributed by atoms with Crippen molar-refractivity contribution >= 4 is 5.71 Å². The summed E-state index contributed by atoms with van der Waals surface area (Å²) >= 11 is 0. The smallest absolute Gasteiger partial charge is 0.214 e. The minimum absolute atomic E-state index is 0.0556. The van der Waals surface area contributed by atoms with Crippen LogP contribution in [0.4, 0.5) is 0 Å². The molecule has 0 amide bonds. The van der Waals surface area contributed by atoms with Crippen molar-refractivity contribution in [3.05, 3.63) is 83.4 Å². The van der Waals surface area contributed by atoms with Gasteiger partial charge in [-0.15, -0.1) is 0 Å².